The lowest BCUT2D eigenvalue weighted by molar-refractivity contribution is 0.835. The van der Waals surface area contributed by atoms with Gasteiger partial charge in [-0.15, -0.1) is 0 Å². The second-order valence-electron chi connectivity index (χ2n) is 4.24. The standard InChI is InChI=1S/C15H13N3/c1-2-4-14-9-12(5-7-13(14)3-1)6-8-15-17-10-16-11-18-15/h1-5,7,9-11H,6,8H2. The fraction of sp³-hybridized carbons (Fsp3) is 0.133. The minimum atomic E-state index is 0.846. The highest BCUT2D eigenvalue weighted by atomic mass is 15.0. The lowest BCUT2D eigenvalue weighted by Gasteiger charge is -2.03. The minimum Gasteiger partial charge on any atom is -0.225 e. The van der Waals surface area contributed by atoms with Crippen LogP contribution >= 0.6 is 0 Å². The van der Waals surface area contributed by atoms with Gasteiger partial charge in [-0.25, -0.2) is 15.0 Å². The zero-order valence-electron chi connectivity index (χ0n) is 9.95. The van der Waals surface area contributed by atoms with Crippen LogP contribution in [0.1, 0.15) is 11.4 Å². The summed E-state index contributed by atoms with van der Waals surface area (Å²) in [7, 11) is 0. The van der Waals surface area contributed by atoms with Gasteiger partial charge in [-0.2, -0.15) is 0 Å². The van der Waals surface area contributed by atoms with Gasteiger partial charge in [0.1, 0.15) is 18.5 Å². The Morgan fingerprint density at radius 2 is 1.56 bits per heavy atom. The summed E-state index contributed by atoms with van der Waals surface area (Å²) in [5, 5.41) is 2.56. The largest absolute Gasteiger partial charge is 0.225 e. The van der Waals surface area contributed by atoms with Gasteiger partial charge in [-0.05, 0) is 22.8 Å². The molecule has 3 aromatic rings. The lowest BCUT2D eigenvalue weighted by Crippen LogP contribution is -1.97. The molecule has 0 saturated carbocycles. The van der Waals surface area contributed by atoms with Crippen LogP contribution in [0.25, 0.3) is 10.8 Å². The van der Waals surface area contributed by atoms with Crippen molar-refractivity contribution < 1.29 is 0 Å². The second-order valence-corrected chi connectivity index (χ2v) is 4.24. The number of nitrogens with zero attached hydrogens (tertiary/aromatic N) is 3. The molecule has 3 heteroatoms. The van der Waals surface area contributed by atoms with Crippen LogP contribution in [0.2, 0.25) is 0 Å². The molecule has 2 aromatic carbocycles. The Morgan fingerprint density at radius 3 is 2.39 bits per heavy atom. The summed E-state index contributed by atoms with van der Waals surface area (Å²) >= 11 is 0. The molecule has 1 aromatic heterocycles. The molecule has 0 saturated heterocycles. The maximum atomic E-state index is 4.13. The highest BCUT2D eigenvalue weighted by molar-refractivity contribution is 5.82. The van der Waals surface area contributed by atoms with Crippen LogP contribution in [-0.2, 0) is 12.8 Å². The van der Waals surface area contributed by atoms with E-state index in [4.69, 9.17) is 0 Å². The molecule has 0 bridgehead atoms. The van der Waals surface area contributed by atoms with Gasteiger partial charge in [0.25, 0.3) is 0 Å². The van der Waals surface area contributed by atoms with E-state index < -0.39 is 0 Å². The summed E-state index contributed by atoms with van der Waals surface area (Å²) in [4.78, 5) is 12.1. The number of rotatable bonds is 3. The second kappa shape index (κ2) is 4.92. The van der Waals surface area contributed by atoms with Crippen LogP contribution in [0.5, 0.6) is 0 Å². The van der Waals surface area contributed by atoms with E-state index in [1.54, 1.807) is 12.7 Å². The first kappa shape index (κ1) is 10.8. The Morgan fingerprint density at radius 1 is 0.778 bits per heavy atom. The zero-order chi connectivity index (χ0) is 12.2. The Kier molecular flexibility index (Phi) is 2.96. The Bertz CT molecular complexity index is 650. The van der Waals surface area contributed by atoms with Crippen LogP contribution in [0, 0.1) is 0 Å². The van der Waals surface area contributed by atoms with E-state index in [-0.39, 0.29) is 0 Å². The molecule has 1 heterocycles. The minimum absolute atomic E-state index is 0.846. The van der Waals surface area contributed by atoms with Crippen molar-refractivity contribution in [2.24, 2.45) is 0 Å². The summed E-state index contributed by atoms with van der Waals surface area (Å²) in [5.41, 5.74) is 1.31. The Hall–Kier alpha value is -2.29. The third kappa shape index (κ3) is 2.35. The van der Waals surface area contributed by atoms with Crippen molar-refractivity contribution in [3.8, 4) is 0 Å². The van der Waals surface area contributed by atoms with Crippen LogP contribution in [-0.4, -0.2) is 15.0 Å². The van der Waals surface area contributed by atoms with Crippen LogP contribution < -0.4 is 0 Å². The Labute approximate surface area is 106 Å². The van der Waals surface area contributed by atoms with Crippen molar-refractivity contribution >= 4 is 10.8 Å². The first-order valence-electron chi connectivity index (χ1n) is 6.00. The number of hydrogen-bond acceptors (Lipinski definition) is 3. The van der Waals surface area contributed by atoms with Crippen molar-refractivity contribution in [2.45, 2.75) is 12.8 Å². The van der Waals surface area contributed by atoms with Crippen LogP contribution in [0.15, 0.2) is 55.1 Å². The highest BCUT2D eigenvalue weighted by Gasteiger charge is 1.99. The summed E-state index contributed by atoms with van der Waals surface area (Å²) in [6, 6.07) is 15.0. The molecular weight excluding hydrogens is 222 g/mol. The highest BCUT2D eigenvalue weighted by Crippen LogP contribution is 2.16. The van der Waals surface area contributed by atoms with Gasteiger partial charge in [-0.3, -0.25) is 0 Å². The molecule has 3 rings (SSSR count). The van der Waals surface area contributed by atoms with Crippen molar-refractivity contribution in [1.29, 1.82) is 0 Å². The van der Waals surface area contributed by atoms with E-state index in [0.717, 1.165) is 18.7 Å². The molecular formula is C15H13N3. The Balaban J connectivity index is 1.79. The van der Waals surface area contributed by atoms with E-state index in [1.165, 1.54) is 16.3 Å². The molecule has 0 aliphatic heterocycles. The number of aryl methyl sites for hydroxylation is 2. The summed E-state index contributed by atoms with van der Waals surface area (Å²) in [6.07, 6.45) is 4.89. The van der Waals surface area contributed by atoms with Gasteiger partial charge in [0, 0.05) is 6.42 Å². The first-order valence-corrected chi connectivity index (χ1v) is 6.00. The van der Waals surface area contributed by atoms with Crippen molar-refractivity contribution in [1.82, 2.24) is 15.0 Å². The van der Waals surface area contributed by atoms with E-state index in [2.05, 4.69) is 57.4 Å². The summed E-state index contributed by atoms with van der Waals surface area (Å²) < 4.78 is 0. The van der Waals surface area contributed by atoms with Gasteiger partial charge < -0.3 is 0 Å². The molecule has 0 N–H and O–H groups in total. The molecule has 18 heavy (non-hydrogen) atoms. The molecule has 0 radical (unpaired) electrons. The molecule has 0 fully saturated rings. The molecule has 3 nitrogen and oxygen atoms in total. The quantitative estimate of drug-likeness (QED) is 0.700. The smallest absolute Gasteiger partial charge is 0.132 e. The van der Waals surface area contributed by atoms with Gasteiger partial charge >= 0.3 is 0 Å². The predicted molar refractivity (Wildman–Crippen MR) is 71.2 cm³/mol. The number of fused-ring (bicyclic) bond motifs is 1. The molecule has 0 amide bonds. The van der Waals surface area contributed by atoms with Crippen LogP contribution in [0.4, 0.5) is 0 Å². The number of benzene rings is 2. The van der Waals surface area contributed by atoms with Gasteiger partial charge in [0.05, 0.1) is 0 Å². The molecule has 88 valence electrons. The average molecular weight is 235 g/mol. The normalized spacial score (nSPS) is 10.7. The van der Waals surface area contributed by atoms with Crippen LogP contribution in [0.3, 0.4) is 0 Å². The molecule has 0 spiro atoms. The van der Waals surface area contributed by atoms with Crippen molar-refractivity contribution in [2.75, 3.05) is 0 Å². The van der Waals surface area contributed by atoms with E-state index >= 15 is 0 Å². The van der Waals surface area contributed by atoms with E-state index in [1.807, 2.05) is 0 Å². The van der Waals surface area contributed by atoms with Gasteiger partial charge in [0.2, 0.25) is 0 Å². The number of aromatic nitrogens is 3. The topological polar surface area (TPSA) is 38.7 Å². The van der Waals surface area contributed by atoms with E-state index in [9.17, 15) is 0 Å². The zero-order valence-corrected chi connectivity index (χ0v) is 9.95. The molecule has 0 atom stereocenters. The third-order valence-corrected chi connectivity index (χ3v) is 3.00. The maximum Gasteiger partial charge on any atom is 0.132 e. The molecule has 0 unspecified atom stereocenters. The lowest BCUT2D eigenvalue weighted by atomic mass is 10.0. The number of hydrogen-bond donors (Lipinski definition) is 0. The first-order chi connectivity index (χ1) is 8.92. The SMILES string of the molecule is c1ccc2cc(CCc3ncncn3)ccc2c1. The van der Waals surface area contributed by atoms with Crippen molar-refractivity contribution in [3.05, 3.63) is 66.5 Å². The predicted octanol–water partition coefficient (Wildman–Crippen LogP) is 2.81. The van der Waals surface area contributed by atoms with Crippen molar-refractivity contribution in [3.63, 3.8) is 0 Å². The molecule has 0 aliphatic rings. The van der Waals surface area contributed by atoms with Gasteiger partial charge in [-0.1, -0.05) is 42.5 Å². The fourth-order valence-corrected chi connectivity index (χ4v) is 2.04. The van der Waals surface area contributed by atoms with Gasteiger partial charge in [0.15, 0.2) is 0 Å². The summed E-state index contributed by atoms with van der Waals surface area (Å²) in [6.45, 7) is 0. The maximum absolute atomic E-state index is 4.13. The molecule has 0 aliphatic carbocycles. The average Bonchev–Trinajstić information content (AvgIpc) is 2.46. The summed E-state index contributed by atoms with van der Waals surface area (Å²) in [5.74, 6) is 0.846. The monoisotopic (exact) mass is 235 g/mol. The van der Waals surface area contributed by atoms with E-state index in [0.29, 0.717) is 0 Å². The third-order valence-electron chi connectivity index (χ3n) is 3.00. The fourth-order valence-electron chi connectivity index (χ4n) is 2.04.